The van der Waals surface area contributed by atoms with Crippen LogP contribution in [0.15, 0.2) is 48.0 Å². The molecule has 0 aromatic heterocycles. The van der Waals surface area contributed by atoms with E-state index in [4.69, 9.17) is 0 Å². The summed E-state index contributed by atoms with van der Waals surface area (Å²) in [6, 6.07) is 8.14. The van der Waals surface area contributed by atoms with Crippen molar-refractivity contribution in [2.75, 3.05) is 0 Å². The van der Waals surface area contributed by atoms with Crippen molar-refractivity contribution in [1.82, 2.24) is 0 Å². The van der Waals surface area contributed by atoms with Gasteiger partial charge in [0.15, 0.2) is 0 Å². The highest BCUT2D eigenvalue weighted by Gasteiger charge is 1.96. The molecule has 0 aliphatic carbocycles. The fourth-order valence-corrected chi connectivity index (χ4v) is 1.16. The summed E-state index contributed by atoms with van der Waals surface area (Å²) in [4.78, 5) is 3.93. The summed E-state index contributed by atoms with van der Waals surface area (Å²) in [6.07, 6.45) is 3.56. The Kier molecular flexibility index (Phi) is 3.21. The molecule has 0 amide bonds. The van der Waals surface area contributed by atoms with Crippen LogP contribution in [0.4, 0.5) is 0 Å². The molecular formula is C12H13N. The smallest absolute Gasteiger partial charge is 0.0694 e. The summed E-state index contributed by atoms with van der Waals surface area (Å²) in [5.41, 5.74) is 3.16. The lowest BCUT2D eigenvalue weighted by molar-refractivity contribution is 1.42. The molecule has 0 aliphatic rings. The molecule has 13 heavy (non-hydrogen) atoms. The number of aliphatic imine (C=N–C) groups is 1. The van der Waals surface area contributed by atoms with E-state index in [-0.39, 0.29) is 0 Å². The minimum Gasteiger partial charge on any atom is -0.264 e. The van der Waals surface area contributed by atoms with Crippen molar-refractivity contribution in [3.63, 3.8) is 0 Å². The second-order valence-electron chi connectivity index (χ2n) is 2.82. The van der Waals surface area contributed by atoms with Crippen LogP contribution in [0.2, 0.25) is 0 Å². The highest BCUT2D eigenvalue weighted by molar-refractivity contribution is 5.69. The molecule has 0 spiro atoms. The molecule has 0 bridgehead atoms. The van der Waals surface area contributed by atoms with Gasteiger partial charge in [0.25, 0.3) is 0 Å². The Hall–Kier alpha value is -1.63. The fraction of sp³-hybridized carbons (Fsp3) is 0.0833. The van der Waals surface area contributed by atoms with Crippen LogP contribution >= 0.6 is 0 Å². The number of hydrogen-bond acceptors (Lipinski definition) is 1. The highest BCUT2D eigenvalue weighted by Crippen LogP contribution is 2.16. The van der Waals surface area contributed by atoms with Crippen LogP contribution in [0.25, 0.3) is 5.70 Å². The second-order valence-corrected chi connectivity index (χ2v) is 2.82. The molecule has 66 valence electrons. The van der Waals surface area contributed by atoms with E-state index < -0.39 is 0 Å². The number of benzene rings is 1. The standard InChI is InChI=1S/C12H13N/c1-4-6-12(13-3)11-8-5-7-10(2)9-11/h4-9H,1,3H2,2H3/b12-6-. The average Bonchev–Trinajstić information content (AvgIpc) is 2.14. The van der Waals surface area contributed by atoms with E-state index >= 15 is 0 Å². The number of hydrogen-bond donors (Lipinski definition) is 0. The molecule has 0 N–H and O–H groups in total. The number of nitrogens with zero attached hydrogens (tertiary/aromatic N) is 1. The van der Waals surface area contributed by atoms with Crippen molar-refractivity contribution in [3.8, 4) is 0 Å². The van der Waals surface area contributed by atoms with Gasteiger partial charge in [-0.1, -0.05) is 36.4 Å². The first-order valence-corrected chi connectivity index (χ1v) is 4.14. The monoisotopic (exact) mass is 171 g/mol. The average molecular weight is 171 g/mol. The highest BCUT2D eigenvalue weighted by atomic mass is 14.7. The summed E-state index contributed by atoms with van der Waals surface area (Å²) >= 11 is 0. The predicted molar refractivity (Wildman–Crippen MR) is 58.9 cm³/mol. The van der Waals surface area contributed by atoms with Gasteiger partial charge in [-0.25, -0.2) is 0 Å². The fourth-order valence-electron chi connectivity index (χ4n) is 1.16. The Balaban J connectivity index is 3.12. The molecule has 1 aromatic rings. The van der Waals surface area contributed by atoms with E-state index in [1.54, 1.807) is 6.08 Å². The molecule has 1 nitrogen and oxygen atoms in total. The maximum atomic E-state index is 3.93. The van der Waals surface area contributed by atoms with Crippen molar-refractivity contribution in [2.24, 2.45) is 4.99 Å². The van der Waals surface area contributed by atoms with Crippen molar-refractivity contribution >= 4 is 12.4 Å². The molecule has 1 rings (SSSR count). The zero-order valence-corrected chi connectivity index (χ0v) is 7.83. The predicted octanol–water partition coefficient (Wildman–Crippen LogP) is 3.22. The van der Waals surface area contributed by atoms with Gasteiger partial charge in [0.05, 0.1) is 5.70 Å². The molecule has 0 aliphatic heterocycles. The van der Waals surface area contributed by atoms with E-state index in [9.17, 15) is 0 Å². The lowest BCUT2D eigenvalue weighted by Gasteiger charge is -2.01. The minimum absolute atomic E-state index is 0.860. The van der Waals surface area contributed by atoms with E-state index in [2.05, 4.69) is 37.3 Å². The van der Waals surface area contributed by atoms with E-state index in [1.165, 1.54) is 5.56 Å². The Morgan fingerprint density at radius 2 is 2.23 bits per heavy atom. The van der Waals surface area contributed by atoms with Crippen LogP contribution in [0.3, 0.4) is 0 Å². The van der Waals surface area contributed by atoms with E-state index in [1.807, 2.05) is 18.2 Å². The molecule has 0 heterocycles. The molecule has 1 aromatic carbocycles. The quantitative estimate of drug-likeness (QED) is 0.489. The van der Waals surface area contributed by atoms with Crippen molar-refractivity contribution in [1.29, 1.82) is 0 Å². The zero-order chi connectivity index (χ0) is 9.68. The van der Waals surface area contributed by atoms with Crippen molar-refractivity contribution in [2.45, 2.75) is 6.92 Å². The Morgan fingerprint density at radius 3 is 2.77 bits per heavy atom. The van der Waals surface area contributed by atoms with Gasteiger partial charge >= 0.3 is 0 Å². The Labute approximate surface area is 79.1 Å². The SMILES string of the molecule is C=C/C=C(\N=C)c1cccc(C)c1. The van der Waals surface area contributed by atoms with Crippen LogP contribution in [0.1, 0.15) is 11.1 Å². The number of rotatable bonds is 3. The second kappa shape index (κ2) is 4.41. The molecule has 0 unspecified atom stereocenters. The topological polar surface area (TPSA) is 12.4 Å². The third-order valence-electron chi connectivity index (χ3n) is 1.76. The van der Waals surface area contributed by atoms with Gasteiger partial charge in [-0.15, -0.1) is 0 Å². The van der Waals surface area contributed by atoms with E-state index in [0.29, 0.717) is 0 Å². The van der Waals surface area contributed by atoms with Gasteiger partial charge < -0.3 is 0 Å². The van der Waals surface area contributed by atoms with Crippen LogP contribution in [-0.4, -0.2) is 6.72 Å². The first-order valence-electron chi connectivity index (χ1n) is 4.14. The van der Waals surface area contributed by atoms with Gasteiger partial charge in [0.2, 0.25) is 0 Å². The normalized spacial score (nSPS) is 11.0. The van der Waals surface area contributed by atoms with Gasteiger partial charge in [-0.3, -0.25) is 4.99 Å². The first-order chi connectivity index (χ1) is 6.27. The summed E-state index contributed by atoms with van der Waals surface area (Å²) in [5, 5.41) is 0. The summed E-state index contributed by atoms with van der Waals surface area (Å²) in [6.45, 7) is 9.21. The number of aryl methyl sites for hydroxylation is 1. The Bertz CT molecular complexity index is 348. The van der Waals surface area contributed by atoms with Gasteiger partial charge in [0, 0.05) is 5.56 Å². The molecule has 0 atom stereocenters. The minimum atomic E-state index is 0.860. The maximum absolute atomic E-state index is 3.93. The molecule has 1 heteroatoms. The van der Waals surface area contributed by atoms with Gasteiger partial charge in [-0.2, -0.15) is 0 Å². The van der Waals surface area contributed by atoms with Gasteiger partial charge in [0.1, 0.15) is 0 Å². The molecule has 0 saturated carbocycles. The lowest BCUT2D eigenvalue weighted by atomic mass is 10.1. The largest absolute Gasteiger partial charge is 0.264 e. The summed E-state index contributed by atoms with van der Waals surface area (Å²) < 4.78 is 0. The molecule has 0 saturated heterocycles. The third-order valence-corrected chi connectivity index (χ3v) is 1.76. The van der Waals surface area contributed by atoms with Crippen molar-refractivity contribution < 1.29 is 0 Å². The van der Waals surface area contributed by atoms with Crippen LogP contribution < -0.4 is 0 Å². The van der Waals surface area contributed by atoms with Crippen LogP contribution in [0.5, 0.6) is 0 Å². The number of allylic oxidation sites excluding steroid dienone is 2. The molecule has 0 fully saturated rings. The summed E-state index contributed by atoms with van der Waals surface area (Å²) in [7, 11) is 0. The molecular weight excluding hydrogens is 158 g/mol. The first kappa shape index (κ1) is 9.46. The van der Waals surface area contributed by atoms with Gasteiger partial charge in [-0.05, 0) is 25.8 Å². The van der Waals surface area contributed by atoms with E-state index in [0.717, 1.165) is 11.3 Å². The summed E-state index contributed by atoms with van der Waals surface area (Å²) in [5.74, 6) is 0. The zero-order valence-electron chi connectivity index (χ0n) is 7.83. The molecule has 0 radical (unpaired) electrons. The maximum Gasteiger partial charge on any atom is 0.0694 e. The third kappa shape index (κ3) is 2.41. The lowest BCUT2D eigenvalue weighted by Crippen LogP contribution is -1.81. The van der Waals surface area contributed by atoms with Crippen molar-refractivity contribution in [3.05, 3.63) is 54.1 Å². The Morgan fingerprint density at radius 1 is 1.46 bits per heavy atom. The van der Waals surface area contributed by atoms with Crippen LogP contribution in [0, 0.1) is 6.92 Å². The van der Waals surface area contributed by atoms with Crippen LogP contribution in [-0.2, 0) is 0 Å².